The molecule has 98 valence electrons. The van der Waals surface area contributed by atoms with Crippen LogP contribution in [0.4, 0.5) is 0 Å². The minimum absolute atomic E-state index is 0.315. The van der Waals surface area contributed by atoms with E-state index in [1.807, 2.05) is 11.7 Å². The van der Waals surface area contributed by atoms with Crippen LogP contribution in [0.15, 0.2) is 6.20 Å². The van der Waals surface area contributed by atoms with Crippen molar-refractivity contribution in [2.75, 3.05) is 13.7 Å². The molecule has 0 radical (unpaired) electrons. The molecule has 0 aliphatic heterocycles. The third kappa shape index (κ3) is 4.13. The van der Waals surface area contributed by atoms with Crippen molar-refractivity contribution in [3.05, 3.63) is 17.5 Å². The summed E-state index contributed by atoms with van der Waals surface area (Å²) in [5.74, 6) is 0. The zero-order valence-electron chi connectivity index (χ0n) is 11.7. The summed E-state index contributed by atoms with van der Waals surface area (Å²) in [6.07, 6.45) is 4.39. The van der Waals surface area contributed by atoms with Crippen molar-refractivity contribution in [1.29, 1.82) is 0 Å². The van der Waals surface area contributed by atoms with Crippen molar-refractivity contribution in [1.82, 2.24) is 15.1 Å². The van der Waals surface area contributed by atoms with Gasteiger partial charge in [-0.15, -0.1) is 0 Å². The Morgan fingerprint density at radius 3 is 2.71 bits per heavy atom. The third-order valence-corrected chi connectivity index (χ3v) is 3.01. The van der Waals surface area contributed by atoms with Crippen molar-refractivity contribution >= 4 is 0 Å². The van der Waals surface area contributed by atoms with Crippen LogP contribution in [-0.4, -0.2) is 29.5 Å². The van der Waals surface area contributed by atoms with Gasteiger partial charge in [0, 0.05) is 38.0 Å². The number of aromatic nitrogens is 2. The fourth-order valence-electron chi connectivity index (χ4n) is 2.25. The van der Waals surface area contributed by atoms with E-state index in [4.69, 9.17) is 4.74 Å². The van der Waals surface area contributed by atoms with Crippen LogP contribution in [0.3, 0.4) is 0 Å². The molecule has 0 bridgehead atoms. The summed E-state index contributed by atoms with van der Waals surface area (Å²) in [4.78, 5) is 0. The molecular formula is C13H25N3O. The van der Waals surface area contributed by atoms with E-state index in [9.17, 15) is 0 Å². The molecule has 2 atom stereocenters. The maximum atomic E-state index is 5.25. The Bertz CT molecular complexity index is 329. The molecule has 1 heterocycles. The first kappa shape index (κ1) is 14.2. The van der Waals surface area contributed by atoms with Gasteiger partial charge >= 0.3 is 0 Å². The standard InChI is InChI=1S/C13H25N3O/c1-6-7-12(9-17-5)14-10(2)13-8-16(4)15-11(13)3/h8,10,12,14H,6-7,9H2,1-5H3. The van der Waals surface area contributed by atoms with Gasteiger partial charge in [0.05, 0.1) is 12.3 Å². The van der Waals surface area contributed by atoms with Crippen LogP contribution >= 0.6 is 0 Å². The largest absolute Gasteiger partial charge is 0.383 e. The number of aryl methyl sites for hydroxylation is 2. The second-order valence-electron chi connectivity index (χ2n) is 4.67. The molecule has 2 unspecified atom stereocenters. The molecule has 4 nitrogen and oxygen atoms in total. The molecule has 0 saturated heterocycles. The summed E-state index contributed by atoms with van der Waals surface area (Å²) in [6, 6.07) is 0.731. The van der Waals surface area contributed by atoms with E-state index in [1.54, 1.807) is 7.11 Å². The van der Waals surface area contributed by atoms with Crippen molar-refractivity contribution in [3.8, 4) is 0 Å². The van der Waals surface area contributed by atoms with E-state index in [-0.39, 0.29) is 0 Å². The molecule has 0 aromatic carbocycles. The number of hydrogen-bond donors (Lipinski definition) is 1. The second-order valence-corrected chi connectivity index (χ2v) is 4.67. The Morgan fingerprint density at radius 1 is 1.53 bits per heavy atom. The van der Waals surface area contributed by atoms with Crippen molar-refractivity contribution in [3.63, 3.8) is 0 Å². The molecule has 1 N–H and O–H groups in total. The Labute approximate surface area is 104 Å². The van der Waals surface area contributed by atoms with Crippen LogP contribution in [0.1, 0.15) is 44.0 Å². The lowest BCUT2D eigenvalue weighted by atomic mass is 10.1. The first-order chi connectivity index (χ1) is 8.08. The lowest BCUT2D eigenvalue weighted by Crippen LogP contribution is -2.35. The highest BCUT2D eigenvalue weighted by molar-refractivity contribution is 5.19. The predicted octanol–water partition coefficient (Wildman–Crippen LogP) is 2.19. The van der Waals surface area contributed by atoms with Crippen LogP contribution in [0.2, 0.25) is 0 Å². The van der Waals surface area contributed by atoms with E-state index < -0.39 is 0 Å². The van der Waals surface area contributed by atoms with Gasteiger partial charge in [0.1, 0.15) is 0 Å². The maximum absolute atomic E-state index is 5.25. The molecule has 0 aliphatic rings. The maximum Gasteiger partial charge on any atom is 0.0641 e. The zero-order chi connectivity index (χ0) is 12.8. The SMILES string of the molecule is CCCC(COC)NC(C)c1cn(C)nc1C. The molecular weight excluding hydrogens is 214 g/mol. The normalized spacial score (nSPS) is 14.9. The van der Waals surface area contributed by atoms with Crippen LogP contribution in [0.25, 0.3) is 0 Å². The van der Waals surface area contributed by atoms with E-state index in [0.717, 1.165) is 18.7 Å². The highest BCUT2D eigenvalue weighted by Gasteiger charge is 2.15. The summed E-state index contributed by atoms with van der Waals surface area (Å²) >= 11 is 0. The fourth-order valence-corrected chi connectivity index (χ4v) is 2.25. The lowest BCUT2D eigenvalue weighted by Gasteiger charge is -2.22. The number of ether oxygens (including phenoxy) is 1. The van der Waals surface area contributed by atoms with Gasteiger partial charge in [0.2, 0.25) is 0 Å². The van der Waals surface area contributed by atoms with Gasteiger partial charge in [0.15, 0.2) is 0 Å². The molecule has 0 amide bonds. The average molecular weight is 239 g/mol. The van der Waals surface area contributed by atoms with Crippen LogP contribution < -0.4 is 5.32 Å². The number of rotatable bonds is 7. The van der Waals surface area contributed by atoms with Gasteiger partial charge < -0.3 is 10.1 Å². The topological polar surface area (TPSA) is 39.1 Å². The van der Waals surface area contributed by atoms with E-state index >= 15 is 0 Å². The Morgan fingerprint density at radius 2 is 2.24 bits per heavy atom. The number of hydrogen-bond acceptors (Lipinski definition) is 3. The number of nitrogens with zero attached hydrogens (tertiary/aromatic N) is 2. The summed E-state index contributed by atoms with van der Waals surface area (Å²) in [7, 11) is 3.71. The molecule has 1 aromatic heterocycles. The molecule has 4 heteroatoms. The van der Waals surface area contributed by atoms with Gasteiger partial charge in [0.25, 0.3) is 0 Å². The van der Waals surface area contributed by atoms with Gasteiger partial charge in [-0.2, -0.15) is 5.10 Å². The Balaban J connectivity index is 2.62. The molecule has 17 heavy (non-hydrogen) atoms. The smallest absolute Gasteiger partial charge is 0.0641 e. The summed E-state index contributed by atoms with van der Waals surface area (Å²) < 4.78 is 7.11. The third-order valence-electron chi connectivity index (χ3n) is 3.01. The molecule has 0 fully saturated rings. The first-order valence-electron chi connectivity index (χ1n) is 6.33. The second kappa shape index (κ2) is 6.77. The lowest BCUT2D eigenvalue weighted by molar-refractivity contribution is 0.157. The molecule has 0 saturated carbocycles. The van der Waals surface area contributed by atoms with Crippen LogP contribution in [0.5, 0.6) is 0 Å². The molecule has 1 aromatic rings. The number of nitrogens with one attached hydrogen (secondary N) is 1. The average Bonchev–Trinajstić information content (AvgIpc) is 2.58. The minimum atomic E-state index is 0.315. The predicted molar refractivity (Wildman–Crippen MR) is 70.1 cm³/mol. The molecule has 0 aliphatic carbocycles. The van der Waals surface area contributed by atoms with Crippen LogP contribution in [-0.2, 0) is 11.8 Å². The van der Waals surface area contributed by atoms with Gasteiger partial charge in [-0.1, -0.05) is 13.3 Å². The van der Waals surface area contributed by atoms with Gasteiger partial charge in [-0.05, 0) is 20.3 Å². The van der Waals surface area contributed by atoms with E-state index in [1.165, 1.54) is 12.0 Å². The number of methoxy groups -OCH3 is 1. The van der Waals surface area contributed by atoms with Crippen molar-refractivity contribution < 1.29 is 4.74 Å². The van der Waals surface area contributed by atoms with Crippen LogP contribution in [0, 0.1) is 6.92 Å². The van der Waals surface area contributed by atoms with E-state index in [2.05, 4.69) is 37.4 Å². The fraction of sp³-hybridized carbons (Fsp3) is 0.769. The highest BCUT2D eigenvalue weighted by atomic mass is 16.5. The first-order valence-corrected chi connectivity index (χ1v) is 6.33. The van der Waals surface area contributed by atoms with Gasteiger partial charge in [-0.25, -0.2) is 0 Å². The zero-order valence-corrected chi connectivity index (χ0v) is 11.7. The Kier molecular flexibility index (Phi) is 5.65. The summed E-state index contributed by atoms with van der Waals surface area (Å²) in [5, 5.41) is 7.99. The summed E-state index contributed by atoms with van der Waals surface area (Å²) in [5.41, 5.74) is 2.37. The summed E-state index contributed by atoms with van der Waals surface area (Å²) in [6.45, 7) is 7.20. The quantitative estimate of drug-likeness (QED) is 0.793. The van der Waals surface area contributed by atoms with Crippen molar-refractivity contribution in [2.45, 2.75) is 45.7 Å². The highest BCUT2D eigenvalue weighted by Crippen LogP contribution is 2.17. The minimum Gasteiger partial charge on any atom is -0.383 e. The molecule has 0 spiro atoms. The van der Waals surface area contributed by atoms with Gasteiger partial charge in [-0.3, -0.25) is 4.68 Å². The molecule has 1 rings (SSSR count). The van der Waals surface area contributed by atoms with E-state index in [0.29, 0.717) is 12.1 Å². The monoisotopic (exact) mass is 239 g/mol. The Hall–Kier alpha value is -0.870. The van der Waals surface area contributed by atoms with Crippen molar-refractivity contribution in [2.24, 2.45) is 7.05 Å².